The monoisotopic (exact) mass is 638 g/mol. The van der Waals surface area contributed by atoms with E-state index in [-0.39, 0.29) is 50.5 Å². The Morgan fingerprint density at radius 1 is 0.367 bits per heavy atom. The van der Waals surface area contributed by atoms with Gasteiger partial charge in [-0.2, -0.15) is 0 Å². The summed E-state index contributed by atoms with van der Waals surface area (Å²) in [5.41, 5.74) is 3.40. The number of nitrogens with zero attached hydrogens (tertiary/aromatic N) is 3. The van der Waals surface area contributed by atoms with E-state index < -0.39 is 72.0 Å². The van der Waals surface area contributed by atoms with Crippen molar-refractivity contribution in [3.63, 3.8) is 0 Å². The molecule has 9 rings (SSSR count). The molecule has 0 aliphatic rings. The van der Waals surface area contributed by atoms with Crippen molar-refractivity contribution >= 4 is 21.9 Å². The summed E-state index contributed by atoms with van der Waals surface area (Å²) in [6.45, 7) is 0. The molecule has 0 unspecified atom stereocenters. The van der Waals surface area contributed by atoms with Gasteiger partial charge in [0.15, 0.2) is 17.5 Å². The van der Waals surface area contributed by atoms with E-state index in [9.17, 15) is 1.37 Å². The summed E-state index contributed by atoms with van der Waals surface area (Å²) in [5.74, 6) is 0.269. The van der Waals surface area contributed by atoms with Crippen molar-refractivity contribution in [3.8, 4) is 67.5 Å². The highest BCUT2D eigenvalue weighted by atomic mass is 16.3. The van der Waals surface area contributed by atoms with E-state index in [1.54, 1.807) is 0 Å². The highest BCUT2D eigenvalue weighted by Crippen LogP contribution is 2.41. The van der Waals surface area contributed by atoms with E-state index in [0.717, 1.165) is 22.3 Å². The van der Waals surface area contributed by atoms with E-state index >= 15 is 0 Å². The Labute approximate surface area is 299 Å². The predicted molar refractivity (Wildman–Crippen MR) is 200 cm³/mol. The van der Waals surface area contributed by atoms with Crippen LogP contribution in [0.5, 0.6) is 0 Å². The van der Waals surface area contributed by atoms with Gasteiger partial charge in [-0.05, 0) is 51.5 Å². The van der Waals surface area contributed by atoms with Gasteiger partial charge in [-0.25, -0.2) is 15.0 Å². The molecule has 0 spiro atoms. The summed E-state index contributed by atoms with van der Waals surface area (Å²) in [7, 11) is 0. The van der Waals surface area contributed by atoms with E-state index in [2.05, 4.69) is 0 Å². The van der Waals surface area contributed by atoms with Crippen molar-refractivity contribution < 1.29 is 19.5 Å². The van der Waals surface area contributed by atoms with Crippen LogP contribution in [0.1, 0.15) is 15.1 Å². The maximum atomic E-state index is 9.36. The molecule has 4 heteroatoms. The fraction of sp³-hybridized carbons (Fsp3) is 0. The molecule has 0 radical (unpaired) electrons. The van der Waals surface area contributed by atoms with Crippen LogP contribution < -0.4 is 0 Å². The molecule has 4 nitrogen and oxygen atoms in total. The maximum absolute atomic E-state index is 9.36. The van der Waals surface area contributed by atoms with Gasteiger partial charge in [-0.1, -0.05) is 158 Å². The third-order valence-corrected chi connectivity index (χ3v) is 8.22. The Kier molecular flexibility index (Phi) is 4.78. The molecule has 0 saturated heterocycles. The molecule has 7 aromatic carbocycles. The summed E-state index contributed by atoms with van der Waals surface area (Å²) >= 11 is 0. The molecule has 0 amide bonds. The Balaban J connectivity index is 1.39. The van der Waals surface area contributed by atoms with E-state index in [4.69, 9.17) is 33.1 Å². The summed E-state index contributed by atoms with van der Waals surface area (Å²) in [6.07, 6.45) is 0. The average molecular weight is 639 g/mol. The highest BCUT2D eigenvalue weighted by Gasteiger charge is 2.20. The Morgan fingerprint density at radius 2 is 0.878 bits per heavy atom. The lowest BCUT2D eigenvalue weighted by Gasteiger charge is -2.11. The number of hydrogen-bond acceptors (Lipinski definition) is 4. The fourth-order valence-corrected chi connectivity index (χ4v) is 5.90. The molecule has 0 fully saturated rings. The second kappa shape index (κ2) is 12.2. The fourth-order valence-electron chi connectivity index (χ4n) is 5.90. The van der Waals surface area contributed by atoms with Crippen LogP contribution in [0, 0.1) is 0 Å². The molecule has 230 valence electrons. The van der Waals surface area contributed by atoms with E-state index in [1.807, 2.05) is 109 Å². The average Bonchev–Trinajstić information content (AvgIpc) is 3.68. The molecule has 0 bridgehead atoms. The van der Waals surface area contributed by atoms with Crippen molar-refractivity contribution in [2.45, 2.75) is 0 Å². The van der Waals surface area contributed by atoms with Crippen LogP contribution in [0.15, 0.2) is 180 Å². The van der Waals surface area contributed by atoms with Crippen LogP contribution in [0.3, 0.4) is 0 Å². The van der Waals surface area contributed by atoms with Crippen LogP contribution in [-0.4, -0.2) is 15.0 Å². The number of rotatable bonds is 6. The quantitative estimate of drug-likeness (QED) is 0.182. The smallest absolute Gasteiger partial charge is 0.164 e. The van der Waals surface area contributed by atoms with Crippen molar-refractivity contribution in [3.05, 3.63) is 176 Å². The minimum atomic E-state index is -0.688. The number of fused-ring (bicyclic) bond motifs is 3. The number of benzene rings is 7. The summed E-state index contributed by atoms with van der Waals surface area (Å²) in [5, 5.41) is -0.256. The van der Waals surface area contributed by atoms with Gasteiger partial charge in [0.25, 0.3) is 0 Å². The molecule has 0 atom stereocenters. The molecule has 0 aliphatic heterocycles. The molecule has 0 saturated carbocycles. The summed E-state index contributed by atoms with van der Waals surface area (Å²) < 4.78 is 103. The highest BCUT2D eigenvalue weighted by molar-refractivity contribution is 6.17. The standard InChI is InChI=1S/C45H29N3O/c1-4-13-30(14-5-1)32-25-27-34(28-26-32)43-46-44(36-20-10-19-35(29-36)31-15-6-2-7-16-31)48-45(47-43)38-22-12-24-40-42(38)41-37(21-11-23-39(41)49-40)33-17-8-3-9-18-33/h1-29H/i3D,8D,9D,11D,12D,17D,18D,21D,22D,23D,24D. The van der Waals surface area contributed by atoms with Crippen molar-refractivity contribution in [1.82, 2.24) is 15.0 Å². The lowest BCUT2D eigenvalue weighted by molar-refractivity contribution is 0.669. The molecule has 9 aromatic rings. The van der Waals surface area contributed by atoms with Gasteiger partial charge >= 0.3 is 0 Å². The SMILES string of the molecule is [2H]c1c([2H])c([2H])c(-c2c([2H])c([2H])c([2H])c3oc4c([2H])c([2H])c([2H])c(-c5nc(-c6ccc(-c7ccccc7)cc6)nc(-c6cccc(-c7ccccc7)c6)n5)c4c23)c([2H])c1[2H]. The lowest BCUT2D eigenvalue weighted by atomic mass is 9.97. The first-order valence-corrected chi connectivity index (χ1v) is 15.5. The van der Waals surface area contributed by atoms with Crippen LogP contribution in [0.25, 0.3) is 89.5 Å². The van der Waals surface area contributed by atoms with Gasteiger partial charge in [-0.15, -0.1) is 0 Å². The van der Waals surface area contributed by atoms with Crippen LogP contribution >= 0.6 is 0 Å². The minimum Gasteiger partial charge on any atom is -0.456 e. The largest absolute Gasteiger partial charge is 0.456 e. The Bertz CT molecular complexity index is 3180. The van der Waals surface area contributed by atoms with E-state index in [0.29, 0.717) is 11.1 Å². The van der Waals surface area contributed by atoms with Gasteiger partial charge in [0.1, 0.15) is 11.2 Å². The molecule has 0 aliphatic carbocycles. The molecular formula is C45H29N3O. The van der Waals surface area contributed by atoms with Gasteiger partial charge in [0, 0.05) is 27.5 Å². The maximum Gasteiger partial charge on any atom is 0.164 e. The Hall–Kier alpha value is -6.65. The zero-order valence-electron chi connectivity index (χ0n) is 36.6. The first-order valence-electron chi connectivity index (χ1n) is 21.0. The van der Waals surface area contributed by atoms with Gasteiger partial charge in [0.2, 0.25) is 0 Å². The first-order chi connectivity index (χ1) is 28.8. The number of hydrogen-bond donors (Lipinski definition) is 0. The summed E-state index contributed by atoms with van der Waals surface area (Å²) in [4.78, 5) is 14.7. The molecule has 2 heterocycles. The predicted octanol–water partition coefficient (Wildman–Crippen LogP) is 11.8. The Morgan fingerprint density at radius 3 is 1.57 bits per heavy atom. The van der Waals surface area contributed by atoms with Gasteiger partial charge in [0.05, 0.1) is 15.1 Å². The first kappa shape index (κ1) is 19.2. The van der Waals surface area contributed by atoms with Gasteiger partial charge < -0.3 is 4.42 Å². The lowest BCUT2D eigenvalue weighted by Crippen LogP contribution is -2.00. The molecule has 2 aromatic heterocycles. The van der Waals surface area contributed by atoms with Crippen LogP contribution in [-0.2, 0) is 0 Å². The molecular weight excluding hydrogens is 599 g/mol. The summed E-state index contributed by atoms with van der Waals surface area (Å²) in [6, 6.07) is 27.8. The van der Waals surface area contributed by atoms with Crippen molar-refractivity contribution in [2.24, 2.45) is 0 Å². The normalized spacial score (nSPS) is 14.4. The number of aromatic nitrogens is 3. The third kappa shape index (κ3) is 5.35. The minimum absolute atomic E-state index is 0.0969. The zero-order valence-corrected chi connectivity index (χ0v) is 25.6. The molecule has 0 N–H and O–H groups in total. The van der Waals surface area contributed by atoms with Crippen molar-refractivity contribution in [2.75, 3.05) is 0 Å². The third-order valence-electron chi connectivity index (χ3n) is 8.22. The topological polar surface area (TPSA) is 51.8 Å². The van der Waals surface area contributed by atoms with E-state index in [1.165, 1.54) is 0 Å². The van der Waals surface area contributed by atoms with Crippen LogP contribution in [0.4, 0.5) is 0 Å². The van der Waals surface area contributed by atoms with Crippen LogP contribution in [0.2, 0.25) is 0 Å². The molecule has 49 heavy (non-hydrogen) atoms. The van der Waals surface area contributed by atoms with Gasteiger partial charge in [-0.3, -0.25) is 0 Å². The van der Waals surface area contributed by atoms with Crippen molar-refractivity contribution in [1.29, 1.82) is 0 Å². The zero-order chi connectivity index (χ0) is 42.1. The number of furan rings is 1. The second-order valence-electron chi connectivity index (χ2n) is 11.2. The second-order valence-corrected chi connectivity index (χ2v) is 11.2.